The minimum atomic E-state index is -0.214. The van der Waals surface area contributed by atoms with Gasteiger partial charge in [0, 0.05) is 48.8 Å². The normalized spacial score (nSPS) is 18.9. The number of unbranched alkanes of at least 4 members (excludes halogenated alkanes) is 12. The number of fused-ring (bicyclic) bond motifs is 21. The van der Waals surface area contributed by atoms with E-state index in [0.29, 0.717) is 0 Å². The largest absolute Gasteiger partial charge is 0.456 e. The molecule has 0 amide bonds. The third-order valence-corrected chi connectivity index (χ3v) is 26.3. The number of benzene rings is 9. The van der Waals surface area contributed by atoms with Crippen molar-refractivity contribution in [1.29, 1.82) is 0 Å². The summed E-state index contributed by atoms with van der Waals surface area (Å²) in [4.78, 5) is 0. The number of rotatable bonds is 25. The first-order valence-electron chi connectivity index (χ1n) is 39.3. The van der Waals surface area contributed by atoms with Gasteiger partial charge in [-0.3, -0.25) is 0 Å². The van der Waals surface area contributed by atoms with E-state index in [-0.39, 0.29) is 33.0 Å². The fourth-order valence-corrected chi connectivity index (χ4v) is 21.3. The van der Waals surface area contributed by atoms with E-state index < -0.39 is 0 Å². The predicted octanol–water partition coefficient (Wildman–Crippen LogP) is 28.3. The zero-order chi connectivity index (χ0) is 67.3. The first-order chi connectivity index (χ1) is 47.7. The molecule has 0 N–H and O–H groups in total. The summed E-state index contributed by atoms with van der Waals surface area (Å²) in [6.45, 7) is 24.1. The second-order valence-corrected chi connectivity index (χ2v) is 33.2. The topological polar surface area (TPSA) is 26.3 Å². The van der Waals surface area contributed by atoms with Gasteiger partial charge in [-0.2, -0.15) is 0 Å². The SMILES string of the molecule is CCCCCCCC12CCC(CCCCC)(CCCCC)CCC3(CCCCCCC)c4ccccc4-c4c3c1c(c1oc3ccccc3c41)-c1ccc(CC(Cc3cc(C)cc(C)c3)c3ccc4c(c3)C(C)(C)c3cc5c(cc3-4)C(C)(C)c3ccc4oc6ccccc6c4c3-5)cc12. The standard InChI is InChI=1S/C96H108O2/c1-11-15-19-21-31-47-95-51-49-94(45-29-17-13-3,46-30-18-14-4)50-52-96(48-32-22-20-16-12-2)80-58-64(39-41-70(80)88-90(96)89(95)86(69-33-23-26-36-75(69)95)87-72-35-25-28-38-82(72)98-91(87)88)56-67(57-65-54-62(5)53-63(6)55-65)66-40-42-68-73-60-79-74(61-78(73)93(9,10)77(68)59-66)84-76(92(79,7)8)43-44-83-85(84)71-34-24-27-37-81(71)97-83/h23-28,33-44,53-55,58-61,67H,11-22,29-32,45-52,56-57H2,1-10H3. The van der Waals surface area contributed by atoms with Crippen LogP contribution in [-0.2, 0) is 34.5 Å². The molecule has 98 heavy (non-hydrogen) atoms. The molecule has 2 aromatic heterocycles. The lowest BCUT2D eigenvalue weighted by molar-refractivity contribution is 0.154. The molecule has 9 aromatic carbocycles. The van der Waals surface area contributed by atoms with Crippen LogP contribution in [-0.4, -0.2) is 0 Å². The van der Waals surface area contributed by atoms with Crippen molar-refractivity contribution in [2.45, 2.75) is 264 Å². The maximum atomic E-state index is 7.62. The molecule has 0 spiro atoms. The summed E-state index contributed by atoms with van der Waals surface area (Å²) in [5, 5.41) is 5.12. The number of hydrogen-bond donors (Lipinski definition) is 0. The Labute approximate surface area is 586 Å². The van der Waals surface area contributed by atoms with Crippen molar-refractivity contribution < 1.29 is 8.83 Å². The lowest BCUT2D eigenvalue weighted by atomic mass is 9.63. The minimum absolute atomic E-state index is 0.0989. The molecule has 2 heteroatoms. The monoisotopic (exact) mass is 1290 g/mol. The first kappa shape index (κ1) is 65.2. The van der Waals surface area contributed by atoms with Crippen LogP contribution < -0.4 is 0 Å². The van der Waals surface area contributed by atoms with E-state index in [0.717, 1.165) is 35.2 Å². The molecule has 5 aliphatic carbocycles. The molecule has 3 atom stereocenters. The number of hydrogen-bond acceptors (Lipinski definition) is 2. The Morgan fingerprint density at radius 3 is 1.58 bits per heavy atom. The second-order valence-electron chi connectivity index (χ2n) is 33.2. The highest BCUT2D eigenvalue weighted by Crippen LogP contribution is 2.69. The van der Waals surface area contributed by atoms with Gasteiger partial charge in [-0.1, -0.05) is 291 Å². The summed E-state index contributed by atoms with van der Waals surface area (Å²) >= 11 is 0. The van der Waals surface area contributed by atoms with Crippen molar-refractivity contribution in [2.75, 3.05) is 0 Å². The smallest absolute Gasteiger partial charge is 0.144 e. The highest BCUT2D eigenvalue weighted by Gasteiger charge is 2.56. The first-order valence-corrected chi connectivity index (χ1v) is 39.3. The molecule has 3 unspecified atom stereocenters. The summed E-state index contributed by atoms with van der Waals surface area (Å²) in [5.74, 6) is 0.248. The Kier molecular flexibility index (Phi) is 17.1. The van der Waals surface area contributed by atoms with E-state index in [1.165, 1.54) is 270 Å². The van der Waals surface area contributed by atoms with Crippen LogP contribution in [0.3, 0.4) is 0 Å². The van der Waals surface area contributed by atoms with E-state index in [1.54, 1.807) is 22.3 Å². The Bertz CT molecular complexity index is 4840. The summed E-state index contributed by atoms with van der Waals surface area (Å²) in [7, 11) is 0. The molecule has 16 rings (SSSR count). The molecule has 504 valence electrons. The molecular formula is C96H108O2. The van der Waals surface area contributed by atoms with Gasteiger partial charge in [0.2, 0.25) is 0 Å². The van der Waals surface area contributed by atoms with E-state index in [4.69, 9.17) is 8.83 Å². The van der Waals surface area contributed by atoms with Crippen molar-refractivity contribution >= 4 is 43.9 Å². The summed E-state index contributed by atoms with van der Waals surface area (Å²) in [5.41, 5.74) is 34.6. The molecule has 2 nitrogen and oxygen atoms in total. The van der Waals surface area contributed by atoms with Gasteiger partial charge in [0.05, 0.1) is 0 Å². The van der Waals surface area contributed by atoms with E-state index in [9.17, 15) is 0 Å². The lowest BCUT2D eigenvalue weighted by Gasteiger charge is -2.40. The Balaban J connectivity index is 0.884. The third-order valence-electron chi connectivity index (χ3n) is 26.3. The maximum absolute atomic E-state index is 7.62. The van der Waals surface area contributed by atoms with Gasteiger partial charge in [0.25, 0.3) is 0 Å². The van der Waals surface area contributed by atoms with Crippen molar-refractivity contribution in [3.63, 3.8) is 0 Å². The van der Waals surface area contributed by atoms with Crippen LogP contribution in [0.4, 0.5) is 0 Å². The van der Waals surface area contributed by atoms with Crippen LogP contribution in [0.25, 0.3) is 88.4 Å². The summed E-state index contributed by atoms with van der Waals surface area (Å²) < 4.78 is 14.2. The van der Waals surface area contributed by atoms with Gasteiger partial charge in [-0.25, -0.2) is 0 Å². The van der Waals surface area contributed by atoms with Crippen LogP contribution in [0.1, 0.15) is 288 Å². The third kappa shape index (κ3) is 10.5. The second kappa shape index (κ2) is 25.6. The molecule has 0 saturated carbocycles. The number of furan rings is 2. The molecular weight excluding hydrogens is 1190 g/mol. The van der Waals surface area contributed by atoms with Gasteiger partial charge >= 0.3 is 0 Å². The van der Waals surface area contributed by atoms with Gasteiger partial charge in [-0.15, -0.1) is 0 Å². The zero-order valence-electron chi connectivity index (χ0n) is 61.2. The Morgan fingerprint density at radius 1 is 0.357 bits per heavy atom. The summed E-state index contributed by atoms with van der Waals surface area (Å²) in [6.07, 6.45) is 32.8. The molecule has 0 radical (unpaired) electrons. The predicted molar refractivity (Wildman–Crippen MR) is 417 cm³/mol. The fourth-order valence-electron chi connectivity index (χ4n) is 21.3. The zero-order valence-corrected chi connectivity index (χ0v) is 61.2. The molecule has 2 heterocycles. The van der Waals surface area contributed by atoms with Crippen LogP contribution in [0.15, 0.2) is 160 Å². The summed E-state index contributed by atoms with van der Waals surface area (Å²) in [6, 6.07) is 60.8. The van der Waals surface area contributed by atoms with Gasteiger partial charge < -0.3 is 8.83 Å². The maximum Gasteiger partial charge on any atom is 0.144 e. The van der Waals surface area contributed by atoms with Crippen LogP contribution >= 0.6 is 0 Å². The highest BCUT2D eigenvalue weighted by molar-refractivity contribution is 6.21. The number of para-hydroxylation sites is 2. The Morgan fingerprint density at radius 2 is 0.888 bits per heavy atom. The Hall–Kier alpha value is -7.42. The van der Waals surface area contributed by atoms with Crippen LogP contribution in [0, 0.1) is 19.3 Å². The average Bonchev–Trinajstić information content (AvgIpc) is 1.50. The fraction of sp³-hybridized carbons (Fsp3) is 0.438. The average molecular weight is 1290 g/mol. The van der Waals surface area contributed by atoms with E-state index in [1.807, 2.05) is 0 Å². The van der Waals surface area contributed by atoms with Gasteiger partial charge in [-0.05, 0) is 220 Å². The van der Waals surface area contributed by atoms with Crippen molar-refractivity contribution in [3.05, 3.63) is 224 Å². The quantitative estimate of drug-likeness (QED) is 0.0533. The van der Waals surface area contributed by atoms with E-state index >= 15 is 0 Å². The van der Waals surface area contributed by atoms with Crippen molar-refractivity contribution in [3.8, 4) is 44.5 Å². The van der Waals surface area contributed by atoms with Gasteiger partial charge in [0.1, 0.15) is 22.3 Å². The molecule has 0 fully saturated rings. The molecule has 11 aromatic rings. The molecule has 0 saturated heterocycles. The van der Waals surface area contributed by atoms with Crippen LogP contribution in [0.5, 0.6) is 0 Å². The van der Waals surface area contributed by atoms with E-state index in [2.05, 4.69) is 221 Å². The number of aryl methyl sites for hydroxylation is 2. The highest BCUT2D eigenvalue weighted by atomic mass is 16.3. The molecule has 5 aliphatic rings. The van der Waals surface area contributed by atoms with Crippen molar-refractivity contribution in [1.82, 2.24) is 0 Å². The minimum Gasteiger partial charge on any atom is -0.456 e. The van der Waals surface area contributed by atoms with Gasteiger partial charge in [0.15, 0.2) is 0 Å². The van der Waals surface area contributed by atoms with Crippen molar-refractivity contribution in [2.24, 2.45) is 5.41 Å². The lowest BCUT2D eigenvalue weighted by Crippen LogP contribution is -2.32. The van der Waals surface area contributed by atoms with Crippen LogP contribution in [0.2, 0.25) is 0 Å². The molecule has 0 bridgehead atoms. The molecule has 0 aliphatic heterocycles.